The topological polar surface area (TPSA) is 78.4 Å². The van der Waals surface area contributed by atoms with Gasteiger partial charge in [0, 0.05) is 10.0 Å². The summed E-state index contributed by atoms with van der Waals surface area (Å²) in [6.45, 7) is 3.14. The summed E-state index contributed by atoms with van der Waals surface area (Å²) < 4.78 is 23.6. The van der Waals surface area contributed by atoms with Crippen molar-refractivity contribution in [2.75, 3.05) is 20.3 Å². The van der Waals surface area contributed by atoms with E-state index in [0.29, 0.717) is 36.0 Å². The molecule has 0 aliphatic rings. The van der Waals surface area contributed by atoms with Gasteiger partial charge in [0.15, 0.2) is 6.61 Å². The molecule has 0 saturated carbocycles. The number of benzene rings is 3. The summed E-state index contributed by atoms with van der Waals surface area (Å²) in [4.78, 5) is 12.3. The van der Waals surface area contributed by atoms with Gasteiger partial charge in [-0.3, -0.25) is 4.79 Å². The number of halogens is 1. The molecule has 0 aliphatic carbocycles. The predicted molar refractivity (Wildman–Crippen MR) is 158 cm³/mol. The number of nitrogens with zero attached hydrogens (tertiary/aromatic N) is 1. The molecule has 1 amide bonds. The van der Waals surface area contributed by atoms with Crippen LogP contribution in [0.3, 0.4) is 0 Å². The van der Waals surface area contributed by atoms with Gasteiger partial charge < -0.3 is 18.9 Å². The fourth-order valence-electron chi connectivity index (χ4n) is 3.73. The van der Waals surface area contributed by atoms with Gasteiger partial charge in [0.2, 0.25) is 0 Å². The minimum atomic E-state index is -0.380. The molecule has 208 valence electrons. The van der Waals surface area contributed by atoms with Gasteiger partial charge in [0.05, 0.1) is 19.9 Å². The first-order valence-corrected chi connectivity index (χ1v) is 14.1. The minimum absolute atomic E-state index is 0.167. The molecule has 0 atom stereocenters. The molecule has 0 saturated heterocycles. The molecule has 8 heteroatoms. The van der Waals surface area contributed by atoms with Gasteiger partial charge in [-0.15, -0.1) is 0 Å². The van der Waals surface area contributed by atoms with Gasteiger partial charge in [-0.25, -0.2) is 5.43 Å². The van der Waals surface area contributed by atoms with Gasteiger partial charge in [-0.1, -0.05) is 67.1 Å². The fraction of sp³-hybridized carbons (Fsp3) is 0.355. The molecular weight excluding hydrogens is 560 g/mol. The Hall–Kier alpha value is -3.52. The van der Waals surface area contributed by atoms with Crippen LogP contribution in [0.15, 0.2) is 76.3 Å². The Morgan fingerprint density at radius 3 is 2.33 bits per heavy atom. The third-order valence-corrected chi connectivity index (χ3v) is 6.35. The lowest BCUT2D eigenvalue weighted by molar-refractivity contribution is -0.123. The van der Waals surface area contributed by atoms with E-state index >= 15 is 0 Å². The fourth-order valence-corrected chi connectivity index (χ4v) is 4.18. The molecule has 0 aliphatic heterocycles. The molecule has 0 fully saturated rings. The van der Waals surface area contributed by atoms with Crippen molar-refractivity contribution < 1.29 is 23.7 Å². The van der Waals surface area contributed by atoms with Gasteiger partial charge in [0.25, 0.3) is 5.91 Å². The summed E-state index contributed by atoms with van der Waals surface area (Å²) in [6, 6.07) is 20.6. The maximum Gasteiger partial charge on any atom is 0.277 e. The first kappa shape index (κ1) is 30.0. The van der Waals surface area contributed by atoms with Crippen LogP contribution in [0, 0.1) is 0 Å². The standard InChI is InChI=1S/C31H37BrN2O5/c1-3-4-5-6-7-8-18-37-27-12-14-28(15-13-27)38-23-31(35)34-33-21-25-20-29(36-2)16-17-30(25)39-22-24-10-9-11-26(32)19-24/h9-17,19-21H,3-8,18,22-23H2,1-2H3,(H,34,35)/b33-21+. The molecule has 0 bridgehead atoms. The number of carbonyl (C=O) groups excluding carboxylic acids is 1. The van der Waals surface area contributed by atoms with Crippen LogP contribution in [0.5, 0.6) is 23.0 Å². The highest BCUT2D eigenvalue weighted by Gasteiger charge is 2.07. The zero-order valence-electron chi connectivity index (χ0n) is 22.7. The van der Waals surface area contributed by atoms with Crippen LogP contribution in [0.25, 0.3) is 0 Å². The van der Waals surface area contributed by atoms with Crippen molar-refractivity contribution in [1.29, 1.82) is 0 Å². The summed E-state index contributed by atoms with van der Waals surface area (Å²) in [5.41, 5.74) is 4.18. The minimum Gasteiger partial charge on any atom is -0.497 e. The second-order valence-electron chi connectivity index (χ2n) is 8.99. The highest BCUT2D eigenvalue weighted by Crippen LogP contribution is 2.24. The molecule has 0 radical (unpaired) electrons. The van der Waals surface area contributed by atoms with E-state index in [9.17, 15) is 4.79 Å². The summed E-state index contributed by atoms with van der Waals surface area (Å²) >= 11 is 3.47. The van der Waals surface area contributed by atoms with E-state index in [2.05, 4.69) is 33.4 Å². The molecule has 3 aromatic rings. The van der Waals surface area contributed by atoms with E-state index in [0.717, 1.165) is 22.2 Å². The SMILES string of the molecule is CCCCCCCCOc1ccc(OCC(=O)N/N=C/c2cc(OC)ccc2OCc2cccc(Br)c2)cc1. The molecule has 7 nitrogen and oxygen atoms in total. The highest BCUT2D eigenvalue weighted by molar-refractivity contribution is 9.10. The maximum absolute atomic E-state index is 12.3. The van der Waals surface area contributed by atoms with Gasteiger partial charge in [-0.05, 0) is 66.6 Å². The Balaban J connectivity index is 1.43. The Morgan fingerprint density at radius 2 is 1.59 bits per heavy atom. The predicted octanol–water partition coefficient (Wildman–Crippen LogP) is 7.31. The van der Waals surface area contributed by atoms with E-state index in [1.807, 2.05) is 48.5 Å². The largest absolute Gasteiger partial charge is 0.497 e. The molecule has 0 heterocycles. The molecule has 39 heavy (non-hydrogen) atoms. The van der Waals surface area contributed by atoms with Gasteiger partial charge in [-0.2, -0.15) is 5.10 Å². The zero-order chi connectivity index (χ0) is 27.7. The van der Waals surface area contributed by atoms with Gasteiger partial charge in [0.1, 0.15) is 29.6 Å². The van der Waals surface area contributed by atoms with Crippen LogP contribution in [0.2, 0.25) is 0 Å². The Labute approximate surface area is 239 Å². The van der Waals surface area contributed by atoms with E-state index in [1.165, 1.54) is 38.3 Å². The molecule has 0 spiro atoms. The summed E-state index contributed by atoms with van der Waals surface area (Å²) in [6.07, 6.45) is 8.88. The summed E-state index contributed by atoms with van der Waals surface area (Å²) in [7, 11) is 1.59. The zero-order valence-corrected chi connectivity index (χ0v) is 24.2. The van der Waals surface area contributed by atoms with Crippen LogP contribution in [-0.4, -0.2) is 32.4 Å². The second-order valence-corrected chi connectivity index (χ2v) is 9.91. The highest BCUT2D eigenvalue weighted by atomic mass is 79.9. The monoisotopic (exact) mass is 596 g/mol. The number of unbranched alkanes of at least 4 members (excludes halogenated alkanes) is 5. The molecule has 3 rings (SSSR count). The Kier molecular flexibility index (Phi) is 13.2. The Morgan fingerprint density at radius 1 is 0.872 bits per heavy atom. The number of hydrogen-bond acceptors (Lipinski definition) is 6. The van der Waals surface area contributed by atoms with Crippen molar-refractivity contribution in [3.63, 3.8) is 0 Å². The van der Waals surface area contributed by atoms with E-state index < -0.39 is 0 Å². The third-order valence-electron chi connectivity index (χ3n) is 5.85. The smallest absolute Gasteiger partial charge is 0.277 e. The van der Waals surface area contributed by atoms with Crippen molar-refractivity contribution in [2.24, 2.45) is 5.10 Å². The average molecular weight is 598 g/mol. The van der Waals surface area contributed by atoms with E-state index in [-0.39, 0.29) is 12.5 Å². The van der Waals surface area contributed by atoms with Crippen LogP contribution in [0.4, 0.5) is 0 Å². The number of methoxy groups -OCH3 is 1. The van der Waals surface area contributed by atoms with Crippen LogP contribution in [-0.2, 0) is 11.4 Å². The van der Waals surface area contributed by atoms with Crippen molar-refractivity contribution in [2.45, 2.75) is 52.1 Å². The lowest BCUT2D eigenvalue weighted by Gasteiger charge is -2.11. The molecule has 0 unspecified atom stereocenters. The first-order chi connectivity index (χ1) is 19.1. The molecule has 0 aromatic heterocycles. The Bertz CT molecular complexity index is 1180. The molecule has 3 aromatic carbocycles. The van der Waals surface area contributed by atoms with Crippen LogP contribution < -0.4 is 24.4 Å². The first-order valence-electron chi connectivity index (χ1n) is 13.3. The number of nitrogens with one attached hydrogen (secondary N) is 1. The molecular formula is C31H37BrN2O5. The van der Waals surface area contributed by atoms with Crippen molar-refractivity contribution in [1.82, 2.24) is 5.43 Å². The second kappa shape index (κ2) is 17.1. The average Bonchev–Trinajstić information content (AvgIpc) is 2.95. The number of rotatable bonds is 17. The number of carbonyl (C=O) groups is 1. The number of hydrogen-bond donors (Lipinski definition) is 1. The lowest BCUT2D eigenvalue weighted by Crippen LogP contribution is -2.24. The number of ether oxygens (including phenoxy) is 4. The van der Waals surface area contributed by atoms with Crippen LogP contribution >= 0.6 is 15.9 Å². The van der Waals surface area contributed by atoms with Crippen molar-refractivity contribution in [3.05, 3.63) is 82.3 Å². The van der Waals surface area contributed by atoms with E-state index in [4.69, 9.17) is 18.9 Å². The number of amides is 1. The van der Waals surface area contributed by atoms with E-state index in [1.54, 1.807) is 25.3 Å². The van der Waals surface area contributed by atoms with Crippen molar-refractivity contribution >= 4 is 28.1 Å². The third kappa shape index (κ3) is 11.4. The van der Waals surface area contributed by atoms with Crippen molar-refractivity contribution in [3.8, 4) is 23.0 Å². The summed E-state index contributed by atoms with van der Waals surface area (Å²) in [5.74, 6) is 2.26. The van der Waals surface area contributed by atoms with Gasteiger partial charge >= 0.3 is 0 Å². The summed E-state index contributed by atoms with van der Waals surface area (Å²) in [5, 5.41) is 4.07. The maximum atomic E-state index is 12.3. The molecule has 1 N–H and O–H groups in total. The number of hydrazone groups is 1. The quantitative estimate of drug-likeness (QED) is 0.100. The van der Waals surface area contributed by atoms with Crippen LogP contribution in [0.1, 0.15) is 56.6 Å². The normalized spacial score (nSPS) is 10.8. The lowest BCUT2D eigenvalue weighted by atomic mass is 10.1.